The molecule has 0 spiro atoms. The van der Waals surface area contributed by atoms with E-state index in [0.29, 0.717) is 5.75 Å². The molecule has 2 aromatic rings. The van der Waals surface area contributed by atoms with Crippen LogP contribution >= 0.6 is 34.4 Å². The Morgan fingerprint density at radius 1 is 1.53 bits per heavy atom. The molecular weight excluding hydrogens is 375 g/mol. The fourth-order valence-electron chi connectivity index (χ4n) is 1.49. The second-order valence-corrected chi connectivity index (χ2v) is 6.21. The summed E-state index contributed by atoms with van der Waals surface area (Å²) in [5, 5.41) is 11.3. The molecule has 0 atom stereocenters. The maximum atomic E-state index is 11.9. The first kappa shape index (κ1) is 14.3. The molecule has 1 amide bonds. The van der Waals surface area contributed by atoms with E-state index in [1.165, 1.54) is 11.8 Å². The molecule has 0 radical (unpaired) electrons. The summed E-state index contributed by atoms with van der Waals surface area (Å²) in [5.74, 6) is 0.273. The molecular formula is C12H13IN4OS. The highest BCUT2D eigenvalue weighted by Gasteiger charge is 2.08. The summed E-state index contributed by atoms with van der Waals surface area (Å²) in [4.78, 5) is 11.9. The number of aryl methyl sites for hydroxylation is 2. The second-order valence-electron chi connectivity index (χ2n) is 4.02. The summed E-state index contributed by atoms with van der Waals surface area (Å²) in [6.07, 6.45) is 1.61. The molecule has 0 saturated carbocycles. The van der Waals surface area contributed by atoms with Crippen molar-refractivity contribution in [2.24, 2.45) is 7.05 Å². The molecule has 2 rings (SSSR count). The molecule has 7 heteroatoms. The normalized spacial score (nSPS) is 10.5. The molecule has 0 unspecified atom stereocenters. The third-order valence-corrected chi connectivity index (χ3v) is 4.17. The van der Waals surface area contributed by atoms with E-state index in [2.05, 4.69) is 38.1 Å². The van der Waals surface area contributed by atoms with Crippen LogP contribution in [-0.4, -0.2) is 26.4 Å². The van der Waals surface area contributed by atoms with Crippen LogP contribution in [0.4, 0.5) is 5.69 Å². The average Bonchev–Trinajstić information content (AvgIpc) is 2.76. The molecule has 5 nitrogen and oxygen atoms in total. The highest BCUT2D eigenvalue weighted by molar-refractivity contribution is 14.1. The van der Waals surface area contributed by atoms with Crippen molar-refractivity contribution < 1.29 is 4.79 Å². The van der Waals surface area contributed by atoms with Gasteiger partial charge >= 0.3 is 0 Å². The van der Waals surface area contributed by atoms with Crippen molar-refractivity contribution in [3.8, 4) is 0 Å². The fraction of sp³-hybridized carbons (Fsp3) is 0.250. The number of nitrogens with zero attached hydrogens (tertiary/aromatic N) is 3. The topological polar surface area (TPSA) is 59.8 Å². The van der Waals surface area contributed by atoms with Crippen LogP contribution in [0.15, 0.2) is 29.7 Å². The summed E-state index contributed by atoms with van der Waals surface area (Å²) in [7, 11) is 1.85. The van der Waals surface area contributed by atoms with Crippen LogP contribution in [0.3, 0.4) is 0 Å². The number of aromatic nitrogens is 3. The van der Waals surface area contributed by atoms with E-state index >= 15 is 0 Å². The van der Waals surface area contributed by atoms with Gasteiger partial charge in [0.2, 0.25) is 5.91 Å². The second kappa shape index (κ2) is 6.38. The van der Waals surface area contributed by atoms with Gasteiger partial charge in [0.15, 0.2) is 5.16 Å². The largest absolute Gasteiger partial charge is 0.325 e. The zero-order valence-corrected chi connectivity index (χ0v) is 13.5. The molecule has 0 bridgehead atoms. The number of benzene rings is 1. The number of nitrogens with one attached hydrogen (secondary N) is 1. The van der Waals surface area contributed by atoms with Crippen LogP contribution in [-0.2, 0) is 11.8 Å². The Bertz CT molecular complexity index is 599. The van der Waals surface area contributed by atoms with Gasteiger partial charge in [-0.2, -0.15) is 0 Å². The van der Waals surface area contributed by atoms with Crippen LogP contribution in [0.1, 0.15) is 5.56 Å². The number of hydrogen-bond acceptors (Lipinski definition) is 4. The molecule has 0 fully saturated rings. The first-order valence-corrected chi connectivity index (χ1v) is 7.65. The van der Waals surface area contributed by atoms with Gasteiger partial charge < -0.3 is 9.88 Å². The maximum absolute atomic E-state index is 11.9. The van der Waals surface area contributed by atoms with Gasteiger partial charge in [-0.15, -0.1) is 10.2 Å². The van der Waals surface area contributed by atoms with Crippen LogP contribution < -0.4 is 5.32 Å². The molecule has 1 heterocycles. The number of amides is 1. The van der Waals surface area contributed by atoms with Gasteiger partial charge in [-0.25, -0.2) is 0 Å². The lowest BCUT2D eigenvalue weighted by atomic mass is 10.2. The molecule has 0 aliphatic rings. The number of thioether (sulfide) groups is 1. The van der Waals surface area contributed by atoms with Crippen LogP contribution in [0.2, 0.25) is 0 Å². The van der Waals surface area contributed by atoms with Crippen LogP contribution in [0, 0.1) is 10.5 Å². The molecule has 1 aromatic heterocycles. The smallest absolute Gasteiger partial charge is 0.234 e. The van der Waals surface area contributed by atoms with E-state index < -0.39 is 0 Å². The molecule has 0 aliphatic heterocycles. The van der Waals surface area contributed by atoms with Gasteiger partial charge in [0.1, 0.15) is 6.33 Å². The van der Waals surface area contributed by atoms with Crippen LogP contribution in [0.5, 0.6) is 0 Å². The highest BCUT2D eigenvalue weighted by atomic mass is 127. The first-order valence-electron chi connectivity index (χ1n) is 5.59. The average molecular weight is 388 g/mol. The Balaban J connectivity index is 1.93. The number of rotatable bonds is 4. The quantitative estimate of drug-likeness (QED) is 0.646. The zero-order valence-electron chi connectivity index (χ0n) is 10.6. The van der Waals surface area contributed by atoms with E-state index in [0.717, 1.165) is 20.0 Å². The molecule has 0 saturated heterocycles. The zero-order chi connectivity index (χ0) is 13.8. The van der Waals surface area contributed by atoms with E-state index in [9.17, 15) is 4.79 Å². The van der Waals surface area contributed by atoms with E-state index in [4.69, 9.17) is 0 Å². The number of carbonyl (C=O) groups excluding carboxylic acids is 1. The van der Waals surface area contributed by atoms with Crippen molar-refractivity contribution in [3.05, 3.63) is 33.7 Å². The van der Waals surface area contributed by atoms with Gasteiger partial charge in [-0.05, 0) is 53.3 Å². The minimum atomic E-state index is -0.0442. The number of carbonyl (C=O) groups is 1. The van der Waals surface area contributed by atoms with Gasteiger partial charge in [-0.3, -0.25) is 4.79 Å². The van der Waals surface area contributed by atoms with Gasteiger partial charge in [0, 0.05) is 16.3 Å². The maximum Gasteiger partial charge on any atom is 0.234 e. The van der Waals surface area contributed by atoms with Crippen molar-refractivity contribution in [1.29, 1.82) is 0 Å². The lowest BCUT2D eigenvalue weighted by molar-refractivity contribution is -0.113. The molecule has 19 heavy (non-hydrogen) atoms. The Labute approximate surface area is 129 Å². The van der Waals surface area contributed by atoms with Crippen molar-refractivity contribution in [2.45, 2.75) is 12.1 Å². The van der Waals surface area contributed by atoms with Gasteiger partial charge in [0.25, 0.3) is 0 Å². The highest BCUT2D eigenvalue weighted by Crippen LogP contribution is 2.19. The predicted octanol–water partition coefficient (Wildman–Crippen LogP) is 2.46. The Morgan fingerprint density at radius 2 is 2.32 bits per heavy atom. The number of halogens is 1. The Morgan fingerprint density at radius 3 is 2.95 bits per heavy atom. The summed E-state index contributed by atoms with van der Waals surface area (Å²) >= 11 is 3.61. The summed E-state index contributed by atoms with van der Waals surface area (Å²) in [6, 6.07) is 5.92. The van der Waals surface area contributed by atoms with E-state index in [-0.39, 0.29) is 5.91 Å². The SMILES string of the molecule is Cc1cc(I)ccc1NC(=O)CSc1nncn1C. The lowest BCUT2D eigenvalue weighted by Gasteiger charge is -2.08. The third-order valence-electron chi connectivity index (χ3n) is 2.46. The van der Waals surface area contributed by atoms with Gasteiger partial charge in [-0.1, -0.05) is 11.8 Å². The predicted molar refractivity (Wildman–Crippen MR) is 84.3 cm³/mol. The monoisotopic (exact) mass is 388 g/mol. The number of anilines is 1. The number of hydrogen-bond donors (Lipinski definition) is 1. The Hall–Kier alpha value is -1.09. The van der Waals surface area contributed by atoms with E-state index in [1.54, 1.807) is 10.9 Å². The van der Waals surface area contributed by atoms with E-state index in [1.807, 2.05) is 32.2 Å². The molecule has 1 aromatic carbocycles. The first-order chi connectivity index (χ1) is 9.06. The van der Waals surface area contributed by atoms with Crippen molar-refractivity contribution >= 4 is 45.9 Å². The Kier molecular flexibility index (Phi) is 4.81. The standard InChI is InChI=1S/C12H13IN4OS/c1-8-5-9(13)3-4-10(8)15-11(18)6-19-12-16-14-7-17(12)2/h3-5,7H,6H2,1-2H3,(H,15,18). The fourth-order valence-corrected chi connectivity index (χ4v) is 2.82. The van der Waals surface area contributed by atoms with Crippen molar-refractivity contribution in [2.75, 3.05) is 11.1 Å². The van der Waals surface area contributed by atoms with Crippen molar-refractivity contribution in [3.63, 3.8) is 0 Å². The lowest BCUT2D eigenvalue weighted by Crippen LogP contribution is -2.15. The van der Waals surface area contributed by atoms with Crippen LogP contribution in [0.25, 0.3) is 0 Å². The summed E-state index contributed by atoms with van der Waals surface area (Å²) in [6.45, 7) is 1.98. The van der Waals surface area contributed by atoms with Crippen molar-refractivity contribution in [1.82, 2.24) is 14.8 Å². The summed E-state index contributed by atoms with van der Waals surface area (Å²) < 4.78 is 2.94. The molecule has 0 aliphatic carbocycles. The van der Waals surface area contributed by atoms with Gasteiger partial charge in [0.05, 0.1) is 5.75 Å². The minimum Gasteiger partial charge on any atom is -0.325 e. The molecule has 100 valence electrons. The minimum absolute atomic E-state index is 0.0442. The summed E-state index contributed by atoms with van der Waals surface area (Å²) in [5.41, 5.74) is 1.91. The molecule has 1 N–H and O–H groups in total. The third kappa shape index (κ3) is 3.93.